The number of carboxylic acids is 1. The number of anilines is 3. The highest BCUT2D eigenvalue weighted by Crippen LogP contribution is 2.42. The molecule has 0 aliphatic carbocycles. The lowest BCUT2D eigenvalue weighted by Gasteiger charge is -2.24. The van der Waals surface area contributed by atoms with Crippen LogP contribution in [-0.2, 0) is 17.8 Å². The van der Waals surface area contributed by atoms with Crippen LogP contribution < -0.4 is 19.9 Å². The summed E-state index contributed by atoms with van der Waals surface area (Å²) in [5, 5.41) is 19.9. The number of aromatic nitrogens is 2. The number of hydrogen-bond acceptors (Lipinski definition) is 9. The predicted octanol–water partition coefficient (Wildman–Crippen LogP) is 6.34. The van der Waals surface area contributed by atoms with Gasteiger partial charge < -0.3 is 24.8 Å². The van der Waals surface area contributed by atoms with Crippen molar-refractivity contribution in [2.75, 3.05) is 35.9 Å². The number of hydrogen-bond donors (Lipinski definition) is 2. The van der Waals surface area contributed by atoms with Gasteiger partial charge in [0.1, 0.15) is 16.6 Å². The minimum Gasteiger partial charge on any atom is -0.480 e. The number of nitrogens with one attached hydrogen (secondary N) is 1. The Hall–Kier alpha value is -4.63. The van der Waals surface area contributed by atoms with Crippen molar-refractivity contribution in [1.82, 2.24) is 10.2 Å². The van der Waals surface area contributed by atoms with Crippen LogP contribution in [0.25, 0.3) is 0 Å². The second-order valence-corrected chi connectivity index (χ2v) is 11.5. The number of benzene rings is 2. The second-order valence-electron chi connectivity index (χ2n) is 9.15. The van der Waals surface area contributed by atoms with E-state index in [0.29, 0.717) is 15.0 Å². The number of nitrogens with zero attached hydrogens (tertiary/aromatic N) is 4. The Labute approximate surface area is 263 Å². The van der Waals surface area contributed by atoms with E-state index in [0.717, 1.165) is 28.4 Å². The Morgan fingerprint density at radius 1 is 1.02 bits per heavy atom. The third-order valence-corrected chi connectivity index (χ3v) is 8.31. The van der Waals surface area contributed by atoms with E-state index < -0.39 is 41.7 Å². The van der Waals surface area contributed by atoms with Crippen molar-refractivity contribution in [3.05, 3.63) is 92.3 Å². The van der Waals surface area contributed by atoms with Crippen LogP contribution in [0.4, 0.5) is 30.1 Å². The molecule has 2 aromatic carbocycles. The molecule has 0 fully saturated rings. The van der Waals surface area contributed by atoms with Crippen LogP contribution in [0.2, 0.25) is 0 Å². The topological polar surface area (TPSA) is 134 Å². The van der Waals surface area contributed by atoms with Crippen molar-refractivity contribution in [1.29, 1.82) is 0 Å². The number of thiophene rings is 1. The smallest absolute Gasteiger partial charge is 0.415 e. The van der Waals surface area contributed by atoms with Gasteiger partial charge in [0.2, 0.25) is 5.88 Å². The fraction of sp³-hybridized carbons (Fsp3) is 0.207. The molecule has 4 aromatic rings. The standard InChI is InChI=1S/C29H26BrF2N5O6S/c1-4-43-29(41)37(15-18-20(31)9-6-10-21(18)32)27-24(26(38)33-22-11-12-23(42-3)35-34-22)19(25(30)44-27)14-36(2)17-8-5-7-16(13-17)28(39)40/h5-13H,4,14-15H2,1-3H3,(H,39,40)(H,33,34,38). The van der Waals surface area contributed by atoms with Gasteiger partial charge in [0.15, 0.2) is 5.82 Å². The number of methoxy groups -OCH3 is 1. The van der Waals surface area contributed by atoms with Gasteiger partial charge in [0.05, 0.1) is 35.2 Å². The molecule has 0 saturated carbocycles. The van der Waals surface area contributed by atoms with Gasteiger partial charge in [-0.05, 0) is 59.3 Å². The average Bonchev–Trinajstić information content (AvgIpc) is 3.32. The lowest BCUT2D eigenvalue weighted by Crippen LogP contribution is -2.33. The van der Waals surface area contributed by atoms with E-state index in [-0.39, 0.29) is 41.0 Å². The number of amides is 2. The molecule has 11 nitrogen and oxygen atoms in total. The summed E-state index contributed by atoms with van der Waals surface area (Å²) in [7, 11) is 3.11. The van der Waals surface area contributed by atoms with Crippen molar-refractivity contribution in [3.8, 4) is 5.88 Å². The fourth-order valence-electron chi connectivity index (χ4n) is 4.13. The molecular formula is C29H26BrF2N5O6S. The lowest BCUT2D eigenvalue weighted by molar-refractivity contribution is 0.0696. The number of carboxylic acid groups (broad SMARTS) is 1. The molecule has 15 heteroatoms. The minimum absolute atomic E-state index is 0.00877. The van der Waals surface area contributed by atoms with Gasteiger partial charge in [0, 0.05) is 36.5 Å². The summed E-state index contributed by atoms with van der Waals surface area (Å²) in [5.41, 5.74) is 0.589. The molecule has 0 atom stereocenters. The van der Waals surface area contributed by atoms with Crippen molar-refractivity contribution in [3.63, 3.8) is 0 Å². The van der Waals surface area contributed by atoms with E-state index in [2.05, 4.69) is 31.4 Å². The molecule has 2 amide bonds. The van der Waals surface area contributed by atoms with Gasteiger partial charge in [0.25, 0.3) is 5.91 Å². The predicted molar refractivity (Wildman–Crippen MR) is 164 cm³/mol. The normalized spacial score (nSPS) is 10.7. The minimum atomic E-state index is -1.11. The molecule has 4 rings (SSSR count). The zero-order valence-corrected chi connectivity index (χ0v) is 26.0. The molecular weight excluding hydrogens is 664 g/mol. The summed E-state index contributed by atoms with van der Waals surface area (Å²) in [6, 6.07) is 12.5. The highest BCUT2D eigenvalue weighted by Gasteiger charge is 2.32. The molecule has 2 heterocycles. The van der Waals surface area contributed by atoms with Gasteiger partial charge in [-0.1, -0.05) is 12.1 Å². The van der Waals surface area contributed by atoms with Gasteiger partial charge >= 0.3 is 12.1 Å². The Morgan fingerprint density at radius 2 is 1.73 bits per heavy atom. The molecule has 230 valence electrons. The van der Waals surface area contributed by atoms with Crippen LogP contribution in [0.5, 0.6) is 5.88 Å². The van der Waals surface area contributed by atoms with E-state index in [1.807, 2.05) is 0 Å². The van der Waals surface area contributed by atoms with E-state index in [1.54, 1.807) is 31.0 Å². The highest BCUT2D eigenvalue weighted by atomic mass is 79.9. The summed E-state index contributed by atoms with van der Waals surface area (Å²) < 4.78 is 40.2. The molecule has 0 spiro atoms. The maximum Gasteiger partial charge on any atom is 0.415 e. The van der Waals surface area contributed by atoms with Gasteiger partial charge in [-0.15, -0.1) is 21.5 Å². The number of aromatic carboxylic acids is 1. The molecule has 0 radical (unpaired) electrons. The molecule has 2 aromatic heterocycles. The molecule has 0 saturated heterocycles. The fourth-order valence-corrected chi connectivity index (χ4v) is 5.94. The summed E-state index contributed by atoms with van der Waals surface area (Å²) in [6.07, 6.45) is -0.934. The quantitative estimate of drug-likeness (QED) is 0.185. The number of carbonyl (C=O) groups excluding carboxylic acids is 2. The summed E-state index contributed by atoms with van der Waals surface area (Å²) in [4.78, 5) is 41.4. The van der Waals surface area contributed by atoms with E-state index >= 15 is 0 Å². The highest BCUT2D eigenvalue weighted by molar-refractivity contribution is 9.11. The molecule has 0 unspecified atom stereocenters. The number of ether oxygens (including phenoxy) is 2. The van der Waals surface area contributed by atoms with Gasteiger partial charge in [-0.3, -0.25) is 9.69 Å². The van der Waals surface area contributed by atoms with Crippen LogP contribution in [-0.4, -0.2) is 54.0 Å². The van der Waals surface area contributed by atoms with Gasteiger partial charge in [-0.2, -0.15) is 0 Å². The average molecular weight is 691 g/mol. The maximum absolute atomic E-state index is 14.7. The van der Waals surface area contributed by atoms with Crippen molar-refractivity contribution >= 4 is 61.7 Å². The first kappa shape index (κ1) is 32.3. The zero-order valence-electron chi connectivity index (χ0n) is 23.6. The molecule has 2 N–H and O–H groups in total. The first-order chi connectivity index (χ1) is 21.0. The van der Waals surface area contributed by atoms with Crippen LogP contribution in [0.15, 0.2) is 58.4 Å². The van der Waals surface area contributed by atoms with Crippen molar-refractivity contribution in [2.24, 2.45) is 0 Å². The third kappa shape index (κ3) is 7.29. The Morgan fingerprint density at radius 3 is 2.34 bits per heavy atom. The SMILES string of the molecule is CCOC(=O)N(Cc1c(F)cccc1F)c1sc(Br)c(CN(C)c2cccc(C(=O)O)c2)c1C(=O)Nc1ccc(OC)nn1. The number of halogens is 3. The van der Waals surface area contributed by atoms with E-state index in [9.17, 15) is 28.3 Å². The second kappa shape index (κ2) is 14.2. The summed E-state index contributed by atoms with van der Waals surface area (Å²) >= 11 is 4.48. The number of rotatable bonds is 11. The Kier molecular flexibility index (Phi) is 10.4. The largest absolute Gasteiger partial charge is 0.480 e. The van der Waals surface area contributed by atoms with Crippen LogP contribution in [0, 0.1) is 11.6 Å². The zero-order chi connectivity index (χ0) is 32.0. The maximum atomic E-state index is 14.7. The first-order valence-corrected chi connectivity index (χ1v) is 14.6. The number of carbonyl (C=O) groups is 3. The monoisotopic (exact) mass is 689 g/mol. The Bertz CT molecular complexity index is 1670. The van der Waals surface area contributed by atoms with Crippen LogP contribution in [0.1, 0.15) is 38.8 Å². The van der Waals surface area contributed by atoms with E-state index in [4.69, 9.17) is 9.47 Å². The van der Waals surface area contributed by atoms with E-state index in [1.165, 1.54) is 37.4 Å². The van der Waals surface area contributed by atoms with Crippen molar-refractivity contribution in [2.45, 2.75) is 20.0 Å². The third-order valence-electron chi connectivity index (χ3n) is 6.30. The first-order valence-electron chi connectivity index (χ1n) is 13.0. The van der Waals surface area contributed by atoms with Crippen LogP contribution in [0.3, 0.4) is 0 Å². The summed E-state index contributed by atoms with van der Waals surface area (Å²) in [6.45, 7) is 1.01. The molecule has 0 aliphatic heterocycles. The molecule has 0 bridgehead atoms. The molecule has 0 aliphatic rings. The van der Waals surface area contributed by atoms with Gasteiger partial charge in [-0.25, -0.2) is 18.4 Å². The Balaban J connectivity index is 1.83. The summed E-state index contributed by atoms with van der Waals surface area (Å²) in [5.74, 6) is -3.29. The van der Waals surface area contributed by atoms with Crippen molar-refractivity contribution < 1.29 is 37.7 Å². The lowest BCUT2D eigenvalue weighted by atomic mass is 10.1. The molecule has 44 heavy (non-hydrogen) atoms. The van der Waals surface area contributed by atoms with Crippen LogP contribution >= 0.6 is 27.3 Å².